The topological polar surface area (TPSA) is 104 Å². The van der Waals surface area contributed by atoms with Crippen molar-refractivity contribution in [3.8, 4) is 0 Å². The normalized spacial score (nSPS) is 16.0. The average Bonchev–Trinajstić information content (AvgIpc) is 3.59. The highest BCUT2D eigenvalue weighted by molar-refractivity contribution is 7.22. The van der Waals surface area contributed by atoms with Gasteiger partial charge in [0.05, 0.1) is 29.2 Å². The van der Waals surface area contributed by atoms with Gasteiger partial charge in [-0.05, 0) is 31.4 Å². The average molecular weight is 483 g/mol. The maximum Gasteiger partial charge on any atom is 0.332 e. The van der Waals surface area contributed by atoms with Crippen LogP contribution >= 0.6 is 11.3 Å². The van der Waals surface area contributed by atoms with Crippen LogP contribution in [0.4, 0.5) is 5.13 Å². The molecule has 3 aromatic heterocycles. The van der Waals surface area contributed by atoms with Crippen molar-refractivity contribution in [3.05, 3.63) is 51.4 Å². The van der Waals surface area contributed by atoms with Crippen molar-refractivity contribution in [1.29, 1.82) is 0 Å². The van der Waals surface area contributed by atoms with Crippen molar-refractivity contribution in [2.24, 2.45) is 14.1 Å². The number of ether oxygens (including phenoxy) is 1. The van der Waals surface area contributed by atoms with Crippen LogP contribution in [0.2, 0.25) is 0 Å². The summed E-state index contributed by atoms with van der Waals surface area (Å²) in [7, 11) is 3.04. The lowest BCUT2D eigenvalue weighted by Gasteiger charge is -2.23. The van der Waals surface area contributed by atoms with E-state index in [0.717, 1.165) is 34.2 Å². The predicted molar refractivity (Wildman–Crippen MR) is 130 cm³/mol. The molecule has 1 aliphatic heterocycles. The fourth-order valence-electron chi connectivity index (χ4n) is 4.36. The van der Waals surface area contributed by atoms with Gasteiger partial charge in [0.25, 0.3) is 5.56 Å². The van der Waals surface area contributed by atoms with Crippen LogP contribution in [-0.4, -0.2) is 48.8 Å². The Balaban J connectivity index is 1.35. The molecule has 11 heteroatoms. The molecule has 1 aliphatic rings. The van der Waals surface area contributed by atoms with Gasteiger partial charge in [-0.2, -0.15) is 0 Å². The Bertz CT molecular complexity index is 1440. The number of carbonyl (C=O) groups is 1. The van der Waals surface area contributed by atoms with Gasteiger partial charge in [0, 0.05) is 33.7 Å². The van der Waals surface area contributed by atoms with E-state index in [2.05, 4.69) is 4.98 Å². The number of benzene rings is 1. The summed E-state index contributed by atoms with van der Waals surface area (Å²) in [6.07, 6.45) is 4.29. The molecule has 178 valence electrons. The van der Waals surface area contributed by atoms with Crippen LogP contribution in [0.15, 0.2) is 40.2 Å². The first-order chi connectivity index (χ1) is 16.4. The number of para-hydroxylation sites is 1. The lowest BCUT2D eigenvalue weighted by Crippen LogP contribution is -2.38. The molecule has 10 nitrogen and oxygen atoms in total. The number of amides is 1. The fourth-order valence-corrected chi connectivity index (χ4v) is 5.35. The number of anilines is 1. The van der Waals surface area contributed by atoms with Crippen molar-refractivity contribution < 1.29 is 9.53 Å². The lowest BCUT2D eigenvalue weighted by atomic mass is 10.2. The molecule has 34 heavy (non-hydrogen) atoms. The van der Waals surface area contributed by atoms with E-state index < -0.39 is 11.2 Å². The molecule has 1 unspecified atom stereocenters. The molecule has 0 spiro atoms. The first kappa shape index (κ1) is 22.5. The predicted octanol–water partition coefficient (Wildman–Crippen LogP) is 2.04. The molecule has 1 atom stereocenters. The van der Waals surface area contributed by atoms with Crippen molar-refractivity contribution in [3.63, 3.8) is 0 Å². The van der Waals surface area contributed by atoms with Crippen molar-refractivity contribution in [2.45, 2.75) is 38.3 Å². The molecule has 1 amide bonds. The second-order valence-electron chi connectivity index (χ2n) is 8.52. The summed E-state index contributed by atoms with van der Waals surface area (Å²) >= 11 is 1.50. The summed E-state index contributed by atoms with van der Waals surface area (Å²) in [5.74, 6) is -0.0284. The van der Waals surface area contributed by atoms with Crippen molar-refractivity contribution >= 4 is 43.8 Å². The molecule has 4 aromatic rings. The van der Waals surface area contributed by atoms with Crippen molar-refractivity contribution in [2.75, 3.05) is 18.1 Å². The Labute approximate surface area is 199 Å². The number of nitrogens with zero attached hydrogens (tertiary/aromatic N) is 6. The molecule has 4 heterocycles. The third kappa shape index (κ3) is 4.05. The zero-order chi connectivity index (χ0) is 23.8. The SMILES string of the molecule is Cn1c(=O)c2c(ncn2CCCC(=O)N(CC2CCCO2)c2nc3ccccc3s2)n(C)c1=O. The minimum atomic E-state index is -0.418. The number of rotatable bonds is 7. The number of aryl methyl sites for hydroxylation is 2. The minimum absolute atomic E-state index is 0.0119. The molecule has 0 aliphatic carbocycles. The summed E-state index contributed by atoms with van der Waals surface area (Å²) in [4.78, 5) is 48.8. The Morgan fingerprint density at radius 3 is 2.82 bits per heavy atom. The van der Waals surface area contributed by atoms with E-state index >= 15 is 0 Å². The second-order valence-corrected chi connectivity index (χ2v) is 9.53. The number of hydrogen-bond acceptors (Lipinski definition) is 7. The highest BCUT2D eigenvalue weighted by atomic mass is 32.1. The van der Waals surface area contributed by atoms with E-state index in [-0.39, 0.29) is 18.4 Å². The van der Waals surface area contributed by atoms with Gasteiger partial charge in [-0.3, -0.25) is 23.6 Å². The van der Waals surface area contributed by atoms with Crippen LogP contribution in [0.3, 0.4) is 0 Å². The zero-order valence-electron chi connectivity index (χ0n) is 19.1. The van der Waals surface area contributed by atoms with Crippen LogP contribution < -0.4 is 16.1 Å². The molecule has 5 rings (SSSR count). The fraction of sp³-hybridized carbons (Fsp3) is 0.435. The molecule has 1 aromatic carbocycles. The number of hydrogen-bond donors (Lipinski definition) is 0. The highest BCUT2D eigenvalue weighted by Gasteiger charge is 2.26. The standard InChI is InChI=1S/C23H26N6O4S/c1-26-20-19(21(31)27(2)23(26)32)28(14-24-20)11-5-10-18(30)29(13-15-7-6-12-33-15)22-25-16-8-3-4-9-17(16)34-22/h3-4,8-9,14-15H,5-7,10-13H2,1-2H3. The van der Waals surface area contributed by atoms with E-state index in [0.29, 0.717) is 35.8 Å². The molecule has 0 radical (unpaired) electrons. The lowest BCUT2D eigenvalue weighted by molar-refractivity contribution is -0.119. The van der Waals surface area contributed by atoms with Crippen LogP contribution in [0.5, 0.6) is 0 Å². The number of fused-ring (bicyclic) bond motifs is 2. The number of thiazole rings is 1. The van der Waals surface area contributed by atoms with Gasteiger partial charge < -0.3 is 9.30 Å². The molecule has 1 saturated heterocycles. The third-order valence-electron chi connectivity index (χ3n) is 6.23. The van der Waals surface area contributed by atoms with Crippen LogP contribution in [0.25, 0.3) is 21.4 Å². The molecule has 0 N–H and O–H groups in total. The Hall–Kier alpha value is -3.31. The zero-order valence-corrected chi connectivity index (χ0v) is 20.0. The smallest absolute Gasteiger partial charge is 0.332 e. The van der Waals surface area contributed by atoms with Gasteiger partial charge in [-0.1, -0.05) is 23.5 Å². The van der Waals surface area contributed by atoms with Gasteiger partial charge in [0.2, 0.25) is 5.91 Å². The summed E-state index contributed by atoms with van der Waals surface area (Å²) in [5, 5.41) is 0.679. The maximum absolute atomic E-state index is 13.3. The third-order valence-corrected chi connectivity index (χ3v) is 7.29. The Morgan fingerprint density at radius 2 is 2.06 bits per heavy atom. The van der Waals surface area contributed by atoms with Gasteiger partial charge in [0.1, 0.15) is 0 Å². The number of aromatic nitrogens is 5. The minimum Gasteiger partial charge on any atom is -0.376 e. The highest BCUT2D eigenvalue weighted by Crippen LogP contribution is 2.30. The summed E-state index contributed by atoms with van der Waals surface area (Å²) < 4.78 is 11.0. The molecular formula is C23H26N6O4S. The van der Waals surface area contributed by atoms with E-state index in [9.17, 15) is 14.4 Å². The van der Waals surface area contributed by atoms with Crippen LogP contribution in [-0.2, 0) is 30.2 Å². The molecule has 1 fully saturated rings. The Morgan fingerprint density at radius 1 is 1.24 bits per heavy atom. The quantitative estimate of drug-likeness (QED) is 0.399. The van der Waals surface area contributed by atoms with E-state index in [1.165, 1.54) is 23.0 Å². The van der Waals surface area contributed by atoms with Gasteiger partial charge in [0.15, 0.2) is 16.3 Å². The summed E-state index contributed by atoms with van der Waals surface area (Å²) in [5.41, 5.74) is 0.766. The van der Waals surface area contributed by atoms with E-state index in [4.69, 9.17) is 9.72 Å². The second kappa shape index (κ2) is 9.15. The summed E-state index contributed by atoms with van der Waals surface area (Å²) in [6.45, 7) is 1.64. The number of carbonyl (C=O) groups excluding carboxylic acids is 1. The first-order valence-corrected chi connectivity index (χ1v) is 12.1. The maximum atomic E-state index is 13.3. The molecule has 0 saturated carbocycles. The first-order valence-electron chi connectivity index (χ1n) is 11.3. The van der Waals surface area contributed by atoms with Gasteiger partial charge in [-0.15, -0.1) is 0 Å². The molecule has 0 bridgehead atoms. The largest absolute Gasteiger partial charge is 0.376 e. The Kier molecular flexibility index (Phi) is 6.05. The van der Waals surface area contributed by atoms with Gasteiger partial charge >= 0.3 is 5.69 Å². The number of imidazole rings is 1. The monoisotopic (exact) mass is 482 g/mol. The van der Waals surface area contributed by atoms with E-state index in [1.807, 2.05) is 24.3 Å². The van der Waals surface area contributed by atoms with E-state index in [1.54, 1.807) is 22.8 Å². The summed E-state index contributed by atoms with van der Waals surface area (Å²) in [6, 6.07) is 7.85. The van der Waals surface area contributed by atoms with Crippen LogP contribution in [0.1, 0.15) is 25.7 Å². The molecular weight excluding hydrogens is 456 g/mol. The van der Waals surface area contributed by atoms with Crippen LogP contribution in [0, 0.1) is 0 Å². The van der Waals surface area contributed by atoms with Gasteiger partial charge in [-0.25, -0.2) is 14.8 Å². The van der Waals surface area contributed by atoms with Crippen molar-refractivity contribution in [1.82, 2.24) is 23.7 Å².